The maximum Gasteiger partial charge on any atom is 0.258 e. The number of nitrogens with zero attached hydrogens (tertiary/aromatic N) is 1. The number of methoxy groups -OCH3 is 1. The summed E-state index contributed by atoms with van der Waals surface area (Å²) in [5.74, 6) is -0.0359. The highest BCUT2D eigenvalue weighted by Crippen LogP contribution is 2.34. The van der Waals surface area contributed by atoms with Gasteiger partial charge in [-0.2, -0.15) is 0 Å². The monoisotopic (exact) mass is 356 g/mol. The standard InChI is InChI=1S/C15H21BrN2O3/c1-3-18-8-4-5-10(18)9-17-15(20)13-12(19)7-6-11(16)14(13)21-2/h6-7,10,19H,3-5,8-9H2,1-2H3,(H,17,20)/t10-/m0/s1. The van der Waals surface area contributed by atoms with E-state index in [0.717, 1.165) is 19.5 Å². The lowest BCUT2D eigenvalue weighted by atomic mass is 10.1. The molecule has 0 radical (unpaired) electrons. The van der Waals surface area contributed by atoms with E-state index >= 15 is 0 Å². The fourth-order valence-corrected chi connectivity index (χ4v) is 3.30. The number of halogens is 1. The number of carbonyl (C=O) groups is 1. The van der Waals surface area contributed by atoms with E-state index in [1.807, 2.05) is 0 Å². The summed E-state index contributed by atoms with van der Waals surface area (Å²) < 4.78 is 5.86. The number of aromatic hydroxyl groups is 1. The first-order valence-corrected chi connectivity index (χ1v) is 7.95. The van der Waals surface area contributed by atoms with Crippen molar-refractivity contribution in [1.29, 1.82) is 0 Å². The minimum atomic E-state index is -0.311. The summed E-state index contributed by atoms with van der Waals surface area (Å²) in [6.07, 6.45) is 2.26. The highest BCUT2D eigenvalue weighted by atomic mass is 79.9. The quantitative estimate of drug-likeness (QED) is 0.850. The minimum Gasteiger partial charge on any atom is -0.507 e. The molecule has 1 aliphatic heterocycles. The molecule has 1 saturated heterocycles. The summed E-state index contributed by atoms with van der Waals surface area (Å²) in [5, 5.41) is 12.8. The zero-order valence-electron chi connectivity index (χ0n) is 12.4. The number of carbonyl (C=O) groups excluding carboxylic acids is 1. The molecule has 2 rings (SSSR count). The Morgan fingerprint density at radius 2 is 2.33 bits per heavy atom. The van der Waals surface area contributed by atoms with Gasteiger partial charge in [0.15, 0.2) is 0 Å². The molecule has 2 N–H and O–H groups in total. The van der Waals surface area contributed by atoms with Gasteiger partial charge >= 0.3 is 0 Å². The summed E-state index contributed by atoms with van der Waals surface area (Å²) >= 11 is 3.32. The lowest BCUT2D eigenvalue weighted by molar-refractivity contribution is 0.0935. The number of benzene rings is 1. The van der Waals surface area contributed by atoms with E-state index in [2.05, 4.69) is 33.1 Å². The second-order valence-corrected chi connectivity index (χ2v) is 5.96. The van der Waals surface area contributed by atoms with Gasteiger partial charge in [-0.05, 0) is 54.0 Å². The molecule has 0 aromatic heterocycles. The van der Waals surface area contributed by atoms with Crippen molar-refractivity contribution in [3.8, 4) is 11.5 Å². The molecular weight excluding hydrogens is 336 g/mol. The van der Waals surface area contributed by atoms with Gasteiger partial charge in [0.05, 0.1) is 11.6 Å². The van der Waals surface area contributed by atoms with Gasteiger partial charge in [0.25, 0.3) is 5.91 Å². The number of likely N-dealkylation sites (tertiary alicyclic amines) is 1. The summed E-state index contributed by atoms with van der Waals surface area (Å²) in [6.45, 7) is 4.79. The third-order valence-corrected chi connectivity index (χ3v) is 4.55. The average Bonchev–Trinajstić information content (AvgIpc) is 2.94. The number of phenols is 1. The number of likely N-dealkylation sites (N-methyl/N-ethyl adjacent to an activating group) is 1. The van der Waals surface area contributed by atoms with Crippen molar-refractivity contribution in [2.45, 2.75) is 25.8 Å². The average molecular weight is 357 g/mol. The normalized spacial score (nSPS) is 18.7. The van der Waals surface area contributed by atoms with Gasteiger partial charge in [0.2, 0.25) is 0 Å². The van der Waals surface area contributed by atoms with Gasteiger partial charge < -0.3 is 15.2 Å². The Morgan fingerprint density at radius 3 is 3.00 bits per heavy atom. The van der Waals surface area contributed by atoms with E-state index in [4.69, 9.17) is 4.74 Å². The molecular formula is C15H21BrN2O3. The molecule has 0 bridgehead atoms. The smallest absolute Gasteiger partial charge is 0.258 e. The molecule has 5 nitrogen and oxygen atoms in total. The third-order valence-electron chi connectivity index (χ3n) is 3.92. The number of hydrogen-bond donors (Lipinski definition) is 2. The van der Waals surface area contributed by atoms with Crippen LogP contribution in [0.2, 0.25) is 0 Å². The molecule has 0 aliphatic carbocycles. The molecule has 1 heterocycles. The molecule has 1 aromatic rings. The molecule has 21 heavy (non-hydrogen) atoms. The summed E-state index contributed by atoms with van der Waals surface area (Å²) in [5.41, 5.74) is 0.174. The van der Waals surface area contributed by atoms with Crippen molar-refractivity contribution >= 4 is 21.8 Å². The third kappa shape index (κ3) is 3.49. The Morgan fingerprint density at radius 1 is 1.57 bits per heavy atom. The zero-order valence-corrected chi connectivity index (χ0v) is 13.9. The summed E-state index contributed by atoms with van der Waals surface area (Å²) in [4.78, 5) is 14.7. The molecule has 116 valence electrons. The van der Waals surface area contributed by atoms with Crippen molar-refractivity contribution in [1.82, 2.24) is 10.2 Å². The van der Waals surface area contributed by atoms with Gasteiger partial charge in [-0.15, -0.1) is 0 Å². The van der Waals surface area contributed by atoms with Crippen LogP contribution in [0, 0.1) is 0 Å². The first kappa shape index (κ1) is 16.1. The van der Waals surface area contributed by atoms with Crippen LogP contribution >= 0.6 is 15.9 Å². The van der Waals surface area contributed by atoms with Crippen LogP contribution in [0.4, 0.5) is 0 Å². The van der Waals surface area contributed by atoms with Gasteiger partial charge in [-0.1, -0.05) is 6.92 Å². The lowest BCUT2D eigenvalue weighted by Crippen LogP contribution is -2.40. The fourth-order valence-electron chi connectivity index (χ4n) is 2.81. The SMILES string of the molecule is CCN1CCC[C@H]1CNC(=O)c1c(O)ccc(Br)c1OC. The highest BCUT2D eigenvalue weighted by molar-refractivity contribution is 9.10. The Labute approximate surface area is 133 Å². The van der Waals surface area contributed by atoms with Crippen LogP contribution < -0.4 is 10.1 Å². The number of ether oxygens (including phenoxy) is 1. The van der Waals surface area contributed by atoms with E-state index in [1.165, 1.54) is 19.6 Å². The Hall–Kier alpha value is -1.27. The Balaban J connectivity index is 2.09. The van der Waals surface area contributed by atoms with Gasteiger partial charge in [-0.25, -0.2) is 0 Å². The first-order chi connectivity index (χ1) is 10.1. The number of hydrogen-bond acceptors (Lipinski definition) is 4. The number of amides is 1. The van der Waals surface area contributed by atoms with Crippen molar-refractivity contribution < 1.29 is 14.6 Å². The van der Waals surface area contributed by atoms with Crippen LogP contribution in [0.3, 0.4) is 0 Å². The summed E-state index contributed by atoms with van der Waals surface area (Å²) in [6, 6.07) is 3.51. The molecule has 1 aliphatic rings. The second-order valence-electron chi connectivity index (χ2n) is 5.11. The minimum absolute atomic E-state index is 0.0775. The molecule has 6 heteroatoms. The van der Waals surface area contributed by atoms with Gasteiger partial charge in [0.1, 0.15) is 17.1 Å². The zero-order chi connectivity index (χ0) is 15.4. The summed E-state index contributed by atoms with van der Waals surface area (Å²) in [7, 11) is 1.48. The molecule has 0 saturated carbocycles. The fraction of sp³-hybridized carbons (Fsp3) is 0.533. The largest absolute Gasteiger partial charge is 0.507 e. The van der Waals surface area contributed by atoms with Crippen molar-refractivity contribution in [2.75, 3.05) is 26.7 Å². The molecule has 1 atom stereocenters. The van der Waals surface area contributed by atoms with E-state index in [-0.39, 0.29) is 17.2 Å². The Kier molecular flexibility index (Phi) is 5.47. The predicted molar refractivity (Wildman–Crippen MR) is 85.0 cm³/mol. The molecule has 0 spiro atoms. The Bertz CT molecular complexity index is 522. The molecule has 0 unspecified atom stereocenters. The van der Waals surface area contributed by atoms with Crippen LogP contribution in [-0.2, 0) is 0 Å². The van der Waals surface area contributed by atoms with Crippen molar-refractivity contribution in [3.63, 3.8) is 0 Å². The maximum absolute atomic E-state index is 12.4. The van der Waals surface area contributed by atoms with Crippen molar-refractivity contribution in [2.24, 2.45) is 0 Å². The first-order valence-electron chi connectivity index (χ1n) is 7.16. The molecule has 1 fully saturated rings. The number of phenolic OH excluding ortho intramolecular Hbond substituents is 1. The van der Waals surface area contributed by atoms with E-state index in [1.54, 1.807) is 6.07 Å². The second kappa shape index (κ2) is 7.13. The van der Waals surface area contributed by atoms with Crippen LogP contribution in [0.5, 0.6) is 11.5 Å². The topological polar surface area (TPSA) is 61.8 Å². The van der Waals surface area contributed by atoms with Crippen LogP contribution in [0.1, 0.15) is 30.1 Å². The number of nitrogens with one attached hydrogen (secondary N) is 1. The van der Waals surface area contributed by atoms with E-state index in [0.29, 0.717) is 22.8 Å². The molecule has 1 aromatic carbocycles. The van der Waals surface area contributed by atoms with Crippen molar-refractivity contribution in [3.05, 3.63) is 22.2 Å². The van der Waals surface area contributed by atoms with Crippen LogP contribution in [0.25, 0.3) is 0 Å². The van der Waals surface area contributed by atoms with E-state index < -0.39 is 0 Å². The maximum atomic E-state index is 12.4. The van der Waals surface area contributed by atoms with Gasteiger partial charge in [-0.3, -0.25) is 9.69 Å². The lowest BCUT2D eigenvalue weighted by Gasteiger charge is -2.23. The highest BCUT2D eigenvalue weighted by Gasteiger charge is 2.25. The number of rotatable bonds is 5. The van der Waals surface area contributed by atoms with E-state index in [9.17, 15) is 9.90 Å². The predicted octanol–water partition coefficient (Wildman–Crippen LogP) is 2.38. The van der Waals surface area contributed by atoms with Gasteiger partial charge in [0, 0.05) is 12.6 Å². The molecule has 1 amide bonds. The van der Waals surface area contributed by atoms with Crippen LogP contribution in [0.15, 0.2) is 16.6 Å². The van der Waals surface area contributed by atoms with Crippen LogP contribution in [-0.4, -0.2) is 48.7 Å².